The van der Waals surface area contributed by atoms with Crippen molar-refractivity contribution in [3.8, 4) is 0 Å². The number of pyridine rings is 1. The Kier molecular flexibility index (Phi) is 3.01. The number of rotatable bonds is 2. The molecule has 96 valence electrons. The Labute approximate surface area is 115 Å². The van der Waals surface area contributed by atoms with Crippen molar-refractivity contribution in [3.05, 3.63) is 22.8 Å². The second-order valence-electron chi connectivity index (χ2n) is 5.25. The van der Waals surface area contributed by atoms with Crippen LogP contribution < -0.4 is 5.32 Å². The Balaban J connectivity index is 1.83. The van der Waals surface area contributed by atoms with Gasteiger partial charge in [-0.05, 0) is 52.7 Å². The third-order valence-electron chi connectivity index (χ3n) is 4.07. The van der Waals surface area contributed by atoms with Gasteiger partial charge in [0.1, 0.15) is 0 Å². The van der Waals surface area contributed by atoms with Gasteiger partial charge < -0.3 is 5.32 Å². The quantitative estimate of drug-likeness (QED) is 0.925. The summed E-state index contributed by atoms with van der Waals surface area (Å²) < 4.78 is 2.81. The molecule has 0 aromatic carbocycles. The van der Waals surface area contributed by atoms with Crippen LogP contribution in [0.4, 0.5) is 5.95 Å². The molecule has 2 aromatic heterocycles. The van der Waals surface area contributed by atoms with Crippen LogP contribution in [-0.4, -0.2) is 20.6 Å². The van der Waals surface area contributed by atoms with Crippen LogP contribution in [0.5, 0.6) is 0 Å². The highest BCUT2D eigenvalue weighted by Crippen LogP contribution is 2.32. The van der Waals surface area contributed by atoms with Gasteiger partial charge in [-0.25, -0.2) is 4.52 Å². The number of nitrogens with one attached hydrogen (secondary N) is 1. The van der Waals surface area contributed by atoms with E-state index in [1.807, 2.05) is 18.3 Å². The summed E-state index contributed by atoms with van der Waals surface area (Å²) in [5.74, 6) is 2.20. The number of aromatic nitrogens is 3. The Morgan fingerprint density at radius 2 is 2.17 bits per heavy atom. The molecule has 0 amide bonds. The number of nitrogens with zero attached hydrogens (tertiary/aromatic N) is 3. The highest BCUT2D eigenvalue weighted by Gasteiger charge is 2.30. The average molecular weight is 309 g/mol. The number of halogens is 1. The zero-order valence-electron chi connectivity index (χ0n) is 10.6. The second-order valence-corrected chi connectivity index (χ2v) is 6.17. The van der Waals surface area contributed by atoms with E-state index in [1.54, 1.807) is 4.52 Å². The summed E-state index contributed by atoms with van der Waals surface area (Å²) in [4.78, 5) is 4.50. The molecule has 1 aliphatic carbocycles. The molecule has 18 heavy (non-hydrogen) atoms. The molecular formula is C13H17BrN4. The summed E-state index contributed by atoms with van der Waals surface area (Å²) in [6.07, 6.45) is 4.42. The lowest BCUT2D eigenvalue weighted by molar-refractivity contribution is 0.434. The predicted molar refractivity (Wildman–Crippen MR) is 75.7 cm³/mol. The lowest BCUT2D eigenvalue weighted by Crippen LogP contribution is -2.24. The van der Waals surface area contributed by atoms with Crippen LogP contribution in [0.2, 0.25) is 0 Å². The normalized spacial score (nSPS) is 27.8. The fraction of sp³-hybridized carbons (Fsp3) is 0.538. The maximum absolute atomic E-state index is 4.50. The zero-order valence-corrected chi connectivity index (χ0v) is 12.2. The van der Waals surface area contributed by atoms with Gasteiger partial charge in [-0.1, -0.05) is 13.8 Å². The van der Waals surface area contributed by atoms with E-state index in [0.29, 0.717) is 12.0 Å². The monoisotopic (exact) mass is 308 g/mol. The molecule has 1 aliphatic rings. The minimum atomic E-state index is 0.501. The van der Waals surface area contributed by atoms with Crippen LogP contribution in [-0.2, 0) is 0 Å². The molecular weight excluding hydrogens is 292 g/mol. The van der Waals surface area contributed by atoms with Gasteiger partial charge >= 0.3 is 0 Å². The SMILES string of the molecule is CC1CCC(Nc2nc3ccc(Br)cn3n2)C1C. The first-order valence-corrected chi connectivity index (χ1v) is 7.21. The number of fused-ring (bicyclic) bond motifs is 1. The average Bonchev–Trinajstić information content (AvgIpc) is 2.86. The topological polar surface area (TPSA) is 42.2 Å². The van der Waals surface area contributed by atoms with E-state index >= 15 is 0 Å². The van der Waals surface area contributed by atoms with Crippen molar-refractivity contribution >= 4 is 27.5 Å². The third-order valence-corrected chi connectivity index (χ3v) is 4.54. The number of hydrogen-bond donors (Lipinski definition) is 1. The summed E-state index contributed by atoms with van der Waals surface area (Å²) in [5, 5.41) is 7.93. The fourth-order valence-corrected chi connectivity index (χ4v) is 2.98. The third kappa shape index (κ3) is 2.11. The molecule has 0 radical (unpaired) electrons. The molecule has 4 nitrogen and oxygen atoms in total. The summed E-state index contributed by atoms with van der Waals surface area (Å²) in [7, 11) is 0. The first-order chi connectivity index (χ1) is 8.63. The van der Waals surface area contributed by atoms with E-state index in [9.17, 15) is 0 Å². The molecule has 0 saturated heterocycles. The van der Waals surface area contributed by atoms with E-state index in [-0.39, 0.29) is 0 Å². The van der Waals surface area contributed by atoms with Gasteiger partial charge in [-0.15, -0.1) is 5.10 Å². The molecule has 0 bridgehead atoms. The molecule has 2 heterocycles. The Hall–Kier alpha value is -1.10. The van der Waals surface area contributed by atoms with Crippen LogP contribution in [0, 0.1) is 11.8 Å². The van der Waals surface area contributed by atoms with E-state index < -0.39 is 0 Å². The molecule has 3 atom stereocenters. The molecule has 3 unspecified atom stereocenters. The van der Waals surface area contributed by atoms with Crippen LogP contribution in [0.1, 0.15) is 26.7 Å². The highest BCUT2D eigenvalue weighted by molar-refractivity contribution is 9.10. The van der Waals surface area contributed by atoms with Crippen molar-refractivity contribution in [3.63, 3.8) is 0 Å². The smallest absolute Gasteiger partial charge is 0.243 e. The van der Waals surface area contributed by atoms with Gasteiger partial charge in [0, 0.05) is 16.7 Å². The molecule has 3 rings (SSSR count). The van der Waals surface area contributed by atoms with Gasteiger partial charge in [0.05, 0.1) is 0 Å². The summed E-state index contributed by atoms with van der Waals surface area (Å²) in [5.41, 5.74) is 0.874. The van der Waals surface area contributed by atoms with E-state index in [2.05, 4.69) is 45.2 Å². The van der Waals surface area contributed by atoms with Crippen LogP contribution in [0.15, 0.2) is 22.8 Å². The summed E-state index contributed by atoms with van der Waals surface area (Å²) in [6.45, 7) is 4.63. The van der Waals surface area contributed by atoms with Gasteiger partial charge in [-0.2, -0.15) is 4.98 Å². The van der Waals surface area contributed by atoms with E-state index in [4.69, 9.17) is 0 Å². The van der Waals surface area contributed by atoms with E-state index in [1.165, 1.54) is 12.8 Å². The fourth-order valence-electron chi connectivity index (χ4n) is 2.65. The van der Waals surface area contributed by atoms with Crippen LogP contribution >= 0.6 is 15.9 Å². The number of anilines is 1. The first-order valence-electron chi connectivity index (χ1n) is 6.42. The van der Waals surface area contributed by atoms with Crippen LogP contribution in [0.3, 0.4) is 0 Å². The summed E-state index contributed by atoms with van der Waals surface area (Å²) in [6, 6.07) is 4.44. The summed E-state index contributed by atoms with van der Waals surface area (Å²) >= 11 is 3.44. The molecule has 0 aliphatic heterocycles. The Morgan fingerprint density at radius 3 is 2.89 bits per heavy atom. The maximum Gasteiger partial charge on any atom is 0.243 e. The maximum atomic E-state index is 4.50. The first kappa shape index (κ1) is 12.0. The zero-order chi connectivity index (χ0) is 12.7. The molecule has 0 spiro atoms. The standard InChI is InChI=1S/C13H17BrN4/c1-8-3-5-11(9(8)2)15-13-16-12-6-4-10(14)7-18(12)17-13/h4,6-9,11H,3,5H2,1-2H3,(H,15,17). The largest absolute Gasteiger partial charge is 0.350 e. The van der Waals surface area contributed by atoms with E-state index in [0.717, 1.165) is 22.0 Å². The Morgan fingerprint density at radius 1 is 1.33 bits per heavy atom. The van der Waals surface area contributed by atoms with Crippen molar-refractivity contribution in [2.75, 3.05) is 5.32 Å². The minimum Gasteiger partial charge on any atom is -0.350 e. The Bertz CT molecular complexity index is 565. The van der Waals surface area contributed by atoms with Gasteiger partial charge in [-0.3, -0.25) is 0 Å². The molecule has 1 N–H and O–H groups in total. The second kappa shape index (κ2) is 4.53. The van der Waals surface area contributed by atoms with Crippen LogP contribution in [0.25, 0.3) is 5.65 Å². The lowest BCUT2D eigenvalue weighted by Gasteiger charge is -2.18. The van der Waals surface area contributed by atoms with Crippen molar-refractivity contribution in [2.45, 2.75) is 32.7 Å². The highest BCUT2D eigenvalue weighted by atomic mass is 79.9. The molecule has 1 saturated carbocycles. The van der Waals surface area contributed by atoms with Gasteiger partial charge in [0.25, 0.3) is 0 Å². The molecule has 2 aromatic rings. The lowest BCUT2D eigenvalue weighted by atomic mass is 9.98. The van der Waals surface area contributed by atoms with Crippen molar-refractivity contribution in [1.82, 2.24) is 14.6 Å². The predicted octanol–water partition coefficient (Wildman–Crippen LogP) is 3.34. The van der Waals surface area contributed by atoms with Gasteiger partial charge in [0.15, 0.2) is 5.65 Å². The van der Waals surface area contributed by atoms with Crippen molar-refractivity contribution in [2.24, 2.45) is 11.8 Å². The molecule has 5 heteroatoms. The van der Waals surface area contributed by atoms with Crippen molar-refractivity contribution < 1.29 is 0 Å². The van der Waals surface area contributed by atoms with Crippen molar-refractivity contribution in [1.29, 1.82) is 0 Å². The van der Waals surface area contributed by atoms with Gasteiger partial charge in [0.2, 0.25) is 5.95 Å². The number of hydrogen-bond acceptors (Lipinski definition) is 3. The molecule has 1 fully saturated rings. The minimum absolute atomic E-state index is 0.501.